The van der Waals surface area contributed by atoms with Crippen LogP contribution in [0.3, 0.4) is 0 Å². The lowest BCUT2D eigenvalue weighted by Crippen LogP contribution is -2.38. The molecule has 1 rings (SSSR count). The lowest BCUT2D eigenvalue weighted by atomic mass is 10.1. The van der Waals surface area contributed by atoms with E-state index in [9.17, 15) is 18.0 Å². The van der Waals surface area contributed by atoms with E-state index in [0.29, 0.717) is 5.56 Å². The third-order valence-electron chi connectivity index (χ3n) is 3.11. The van der Waals surface area contributed by atoms with E-state index in [1.54, 1.807) is 13.8 Å². The molecule has 1 amide bonds. The Labute approximate surface area is 134 Å². The molecule has 8 nitrogen and oxygen atoms in total. The first kappa shape index (κ1) is 19.1. The Bertz CT molecular complexity index is 687. The topological polar surface area (TPSA) is 122 Å². The number of carbonyl (C=O) groups is 2. The fraction of sp³-hybridized carbons (Fsp3) is 0.429. The van der Waals surface area contributed by atoms with Gasteiger partial charge in [0.05, 0.1) is 11.4 Å². The van der Waals surface area contributed by atoms with Crippen LogP contribution < -0.4 is 10.0 Å². The largest absolute Gasteiger partial charge is 0.479 e. The third kappa shape index (κ3) is 5.02. The zero-order valence-corrected chi connectivity index (χ0v) is 13.9. The van der Waals surface area contributed by atoms with Crippen LogP contribution in [-0.4, -0.2) is 51.7 Å². The van der Waals surface area contributed by atoms with Crippen molar-refractivity contribution in [1.82, 2.24) is 10.0 Å². The van der Waals surface area contributed by atoms with E-state index in [1.807, 2.05) is 0 Å². The standard InChI is InChI=1S/C14H20N2O6S/c1-4-16-23(20,21)10-6-5-9(2)11(7-10)13(17)15-8-12(22-3)14(18)19/h5-7,12,16H,4,8H2,1-3H3,(H,15,17)(H,18,19). The summed E-state index contributed by atoms with van der Waals surface area (Å²) in [6.45, 7) is 3.31. The first-order valence-electron chi connectivity index (χ1n) is 6.87. The first-order valence-corrected chi connectivity index (χ1v) is 8.35. The van der Waals surface area contributed by atoms with Gasteiger partial charge in [-0.25, -0.2) is 17.9 Å². The second-order valence-corrected chi connectivity index (χ2v) is 6.52. The molecular formula is C14H20N2O6S. The maximum absolute atomic E-state index is 12.2. The number of carboxylic acid groups (broad SMARTS) is 1. The summed E-state index contributed by atoms with van der Waals surface area (Å²) in [7, 11) is -2.46. The molecule has 1 unspecified atom stereocenters. The van der Waals surface area contributed by atoms with Gasteiger partial charge in [0.25, 0.3) is 5.91 Å². The Kier molecular flexibility index (Phi) is 6.67. The number of hydrogen-bond acceptors (Lipinski definition) is 5. The van der Waals surface area contributed by atoms with Gasteiger partial charge in [-0.05, 0) is 24.6 Å². The van der Waals surface area contributed by atoms with Crippen molar-refractivity contribution in [1.29, 1.82) is 0 Å². The summed E-state index contributed by atoms with van der Waals surface area (Å²) < 4.78 is 31.0. The normalized spacial score (nSPS) is 12.7. The highest BCUT2D eigenvalue weighted by molar-refractivity contribution is 7.89. The molecule has 23 heavy (non-hydrogen) atoms. The SMILES string of the molecule is CCNS(=O)(=O)c1ccc(C)c(C(=O)NCC(OC)C(=O)O)c1. The molecule has 128 valence electrons. The highest BCUT2D eigenvalue weighted by Gasteiger charge is 2.20. The number of rotatable bonds is 8. The Balaban J connectivity index is 2.99. The summed E-state index contributed by atoms with van der Waals surface area (Å²) in [5, 5.41) is 11.3. The molecule has 1 atom stereocenters. The number of ether oxygens (including phenoxy) is 1. The number of benzene rings is 1. The molecule has 0 heterocycles. The molecule has 1 aromatic rings. The molecule has 0 radical (unpaired) electrons. The fourth-order valence-corrected chi connectivity index (χ4v) is 2.91. The van der Waals surface area contributed by atoms with Crippen molar-refractivity contribution in [2.24, 2.45) is 0 Å². The summed E-state index contributed by atoms with van der Waals surface area (Å²) in [4.78, 5) is 23.0. The van der Waals surface area contributed by atoms with Crippen LogP contribution in [0.4, 0.5) is 0 Å². The van der Waals surface area contributed by atoms with Crippen LogP contribution in [0.5, 0.6) is 0 Å². The molecule has 0 bridgehead atoms. The molecule has 1 aromatic carbocycles. The Hall–Kier alpha value is -1.97. The predicted molar refractivity (Wildman–Crippen MR) is 82.8 cm³/mol. The fourth-order valence-electron chi connectivity index (χ4n) is 1.84. The van der Waals surface area contributed by atoms with Crippen LogP contribution in [0.2, 0.25) is 0 Å². The van der Waals surface area contributed by atoms with Crippen molar-refractivity contribution in [3.8, 4) is 0 Å². The van der Waals surface area contributed by atoms with Gasteiger partial charge in [0.1, 0.15) is 0 Å². The smallest absolute Gasteiger partial charge is 0.334 e. The van der Waals surface area contributed by atoms with E-state index >= 15 is 0 Å². The lowest BCUT2D eigenvalue weighted by Gasteiger charge is -2.13. The van der Waals surface area contributed by atoms with E-state index in [4.69, 9.17) is 9.84 Å². The number of aliphatic carboxylic acids is 1. The van der Waals surface area contributed by atoms with Crippen LogP contribution in [0.25, 0.3) is 0 Å². The molecule has 0 aliphatic carbocycles. The zero-order valence-electron chi connectivity index (χ0n) is 13.1. The molecule has 0 spiro atoms. The number of hydrogen-bond donors (Lipinski definition) is 3. The first-order chi connectivity index (χ1) is 10.7. The minimum atomic E-state index is -3.68. The summed E-state index contributed by atoms with van der Waals surface area (Å²) in [6, 6.07) is 4.18. The Morgan fingerprint density at radius 2 is 2.00 bits per heavy atom. The molecule has 3 N–H and O–H groups in total. The van der Waals surface area contributed by atoms with Crippen LogP contribution >= 0.6 is 0 Å². The number of carboxylic acids is 1. The van der Waals surface area contributed by atoms with Gasteiger partial charge in [-0.1, -0.05) is 13.0 Å². The van der Waals surface area contributed by atoms with Gasteiger partial charge < -0.3 is 15.2 Å². The Morgan fingerprint density at radius 1 is 1.35 bits per heavy atom. The molecule has 0 fully saturated rings. The molecule has 9 heteroatoms. The summed E-state index contributed by atoms with van der Waals surface area (Å²) >= 11 is 0. The van der Waals surface area contributed by atoms with Gasteiger partial charge in [0.15, 0.2) is 6.10 Å². The van der Waals surface area contributed by atoms with E-state index in [-0.39, 0.29) is 23.5 Å². The maximum atomic E-state index is 12.2. The molecular weight excluding hydrogens is 324 g/mol. The van der Waals surface area contributed by atoms with Gasteiger partial charge in [-0.3, -0.25) is 4.79 Å². The number of sulfonamides is 1. The molecule has 0 aliphatic heterocycles. The average molecular weight is 344 g/mol. The second-order valence-electron chi connectivity index (χ2n) is 4.75. The summed E-state index contributed by atoms with van der Waals surface area (Å²) in [6.07, 6.45) is -1.17. The van der Waals surface area contributed by atoms with E-state index in [0.717, 1.165) is 0 Å². The maximum Gasteiger partial charge on any atom is 0.334 e. The van der Waals surface area contributed by atoms with Crippen molar-refractivity contribution >= 4 is 21.9 Å². The number of amides is 1. The van der Waals surface area contributed by atoms with Gasteiger partial charge >= 0.3 is 5.97 Å². The second kappa shape index (κ2) is 8.04. The van der Waals surface area contributed by atoms with Crippen molar-refractivity contribution in [3.05, 3.63) is 29.3 Å². The van der Waals surface area contributed by atoms with E-state index in [1.165, 1.54) is 25.3 Å². The van der Waals surface area contributed by atoms with Crippen molar-refractivity contribution < 1.29 is 27.9 Å². The van der Waals surface area contributed by atoms with E-state index in [2.05, 4.69) is 10.0 Å². The molecule has 0 aromatic heterocycles. The average Bonchev–Trinajstić information content (AvgIpc) is 2.47. The predicted octanol–water partition coefficient (Wildman–Crippen LogP) is 0.123. The van der Waals surface area contributed by atoms with Gasteiger partial charge in [-0.2, -0.15) is 0 Å². The van der Waals surface area contributed by atoms with Crippen LogP contribution in [0.1, 0.15) is 22.8 Å². The quantitative estimate of drug-likeness (QED) is 0.616. The minimum Gasteiger partial charge on any atom is -0.479 e. The van der Waals surface area contributed by atoms with Crippen molar-refractivity contribution in [2.75, 3.05) is 20.2 Å². The molecule has 0 saturated heterocycles. The van der Waals surface area contributed by atoms with Gasteiger partial charge in [0.2, 0.25) is 10.0 Å². The highest BCUT2D eigenvalue weighted by Crippen LogP contribution is 2.15. The number of nitrogens with one attached hydrogen (secondary N) is 2. The third-order valence-corrected chi connectivity index (χ3v) is 4.65. The van der Waals surface area contributed by atoms with Gasteiger partial charge in [0, 0.05) is 19.2 Å². The highest BCUT2D eigenvalue weighted by atomic mass is 32.2. The molecule has 0 aliphatic rings. The number of methoxy groups -OCH3 is 1. The lowest BCUT2D eigenvalue weighted by molar-refractivity contribution is -0.148. The van der Waals surface area contributed by atoms with Gasteiger partial charge in [-0.15, -0.1) is 0 Å². The summed E-state index contributed by atoms with van der Waals surface area (Å²) in [5.74, 6) is -1.77. The van der Waals surface area contributed by atoms with Crippen LogP contribution in [0, 0.1) is 6.92 Å². The Morgan fingerprint density at radius 3 is 2.52 bits per heavy atom. The molecule has 0 saturated carbocycles. The van der Waals surface area contributed by atoms with E-state index < -0.39 is 28.0 Å². The monoisotopic (exact) mass is 344 g/mol. The number of carbonyl (C=O) groups excluding carboxylic acids is 1. The van der Waals surface area contributed by atoms with Crippen molar-refractivity contribution in [2.45, 2.75) is 24.8 Å². The number of aryl methyl sites for hydroxylation is 1. The minimum absolute atomic E-state index is 0.0309. The van der Waals surface area contributed by atoms with Crippen molar-refractivity contribution in [3.63, 3.8) is 0 Å². The summed E-state index contributed by atoms with van der Waals surface area (Å²) in [5.41, 5.74) is 0.728. The zero-order chi connectivity index (χ0) is 17.6. The van der Waals surface area contributed by atoms with Crippen LogP contribution in [-0.2, 0) is 19.6 Å². The van der Waals surface area contributed by atoms with Crippen LogP contribution in [0.15, 0.2) is 23.1 Å².